The van der Waals surface area contributed by atoms with Crippen molar-refractivity contribution in [3.8, 4) is 5.75 Å². The topological polar surface area (TPSA) is 9.23 Å². The van der Waals surface area contributed by atoms with Crippen molar-refractivity contribution in [3.63, 3.8) is 0 Å². The van der Waals surface area contributed by atoms with E-state index in [4.69, 9.17) is 4.74 Å². The fourth-order valence-corrected chi connectivity index (χ4v) is 4.15. The Morgan fingerprint density at radius 3 is 1.90 bits per heavy atom. The van der Waals surface area contributed by atoms with Gasteiger partial charge in [0.1, 0.15) is 5.75 Å². The second kappa shape index (κ2) is 9.36. The van der Waals surface area contributed by atoms with Crippen molar-refractivity contribution in [3.05, 3.63) is 65.2 Å². The molecule has 164 valence electrons. The van der Waals surface area contributed by atoms with Gasteiger partial charge >= 0.3 is 12.3 Å². The predicted octanol–water partition coefficient (Wildman–Crippen LogP) is 8.30. The smallest absolute Gasteiger partial charge is 0.426 e. The molecule has 1 nitrogen and oxygen atoms in total. The standard InChI is InChI=1S/C24H27F5O/c1-2-3-4-17-5-7-18(8-6-17)19-9-11-21(12-10-19)24(28,29)30-22-15-13-20(14-16-22)23(25,26)27/h9-18H,2-8H2,1H3/t17-,18-. The highest BCUT2D eigenvalue weighted by molar-refractivity contribution is 5.31. The summed E-state index contributed by atoms with van der Waals surface area (Å²) in [7, 11) is 0. The van der Waals surface area contributed by atoms with E-state index in [9.17, 15) is 22.0 Å². The van der Waals surface area contributed by atoms with E-state index < -0.39 is 17.8 Å². The van der Waals surface area contributed by atoms with E-state index in [1.165, 1.54) is 44.2 Å². The molecule has 0 amide bonds. The summed E-state index contributed by atoms with van der Waals surface area (Å²) in [5.74, 6) is 0.853. The second-order valence-corrected chi connectivity index (χ2v) is 8.12. The van der Waals surface area contributed by atoms with Gasteiger partial charge in [0, 0.05) is 0 Å². The van der Waals surface area contributed by atoms with Crippen LogP contribution in [0.4, 0.5) is 22.0 Å². The van der Waals surface area contributed by atoms with Crippen LogP contribution < -0.4 is 4.74 Å². The van der Waals surface area contributed by atoms with Gasteiger partial charge in [-0.1, -0.05) is 38.3 Å². The van der Waals surface area contributed by atoms with Crippen molar-refractivity contribution < 1.29 is 26.7 Å². The van der Waals surface area contributed by atoms with Gasteiger partial charge in [0.2, 0.25) is 0 Å². The number of rotatable bonds is 7. The van der Waals surface area contributed by atoms with E-state index in [1.807, 2.05) is 0 Å². The molecule has 1 aliphatic rings. The average Bonchev–Trinajstić information content (AvgIpc) is 2.72. The SMILES string of the molecule is CCCC[C@H]1CC[C@H](c2ccc(C(F)(F)Oc3ccc(C(F)(F)F)cc3)cc2)CC1. The summed E-state index contributed by atoms with van der Waals surface area (Å²) in [6, 6.07) is 9.40. The van der Waals surface area contributed by atoms with Gasteiger partial charge in [-0.2, -0.15) is 22.0 Å². The first-order chi connectivity index (χ1) is 14.2. The summed E-state index contributed by atoms with van der Waals surface area (Å²) >= 11 is 0. The second-order valence-electron chi connectivity index (χ2n) is 8.12. The molecule has 2 aromatic rings. The Kier molecular flexibility index (Phi) is 7.04. The summed E-state index contributed by atoms with van der Waals surface area (Å²) in [5, 5.41) is 0. The maximum absolute atomic E-state index is 14.5. The number of benzene rings is 2. The Bertz CT molecular complexity index is 788. The Morgan fingerprint density at radius 2 is 1.37 bits per heavy atom. The molecule has 1 fully saturated rings. The molecule has 0 N–H and O–H groups in total. The lowest BCUT2D eigenvalue weighted by molar-refractivity contribution is -0.185. The van der Waals surface area contributed by atoms with Crippen molar-refractivity contribution in [1.82, 2.24) is 0 Å². The van der Waals surface area contributed by atoms with Crippen LogP contribution in [0.3, 0.4) is 0 Å². The minimum Gasteiger partial charge on any atom is -0.429 e. The number of hydrogen-bond acceptors (Lipinski definition) is 1. The van der Waals surface area contributed by atoms with Gasteiger partial charge in [-0.15, -0.1) is 0 Å². The van der Waals surface area contributed by atoms with E-state index in [-0.39, 0.29) is 11.3 Å². The molecule has 2 aromatic carbocycles. The minimum absolute atomic E-state index is 0.317. The molecular weight excluding hydrogens is 399 g/mol. The lowest BCUT2D eigenvalue weighted by Gasteiger charge is -2.29. The quantitative estimate of drug-likeness (QED) is 0.405. The Labute approximate surface area is 174 Å². The molecule has 0 aliphatic heterocycles. The number of halogens is 5. The number of ether oxygens (including phenoxy) is 1. The Balaban J connectivity index is 1.61. The van der Waals surface area contributed by atoms with Crippen LogP contribution in [0.5, 0.6) is 5.75 Å². The highest BCUT2D eigenvalue weighted by Gasteiger charge is 2.35. The zero-order valence-corrected chi connectivity index (χ0v) is 17.0. The van der Waals surface area contributed by atoms with Gasteiger partial charge in [0.05, 0.1) is 11.1 Å². The van der Waals surface area contributed by atoms with Gasteiger partial charge < -0.3 is 4.74 Å². The first-order valence-corrected chi connectivity index (χ1v) is 10.5. The first-order valence-electron chi connectivity index (χ1n) is 10.5. The monoisotopic (exact) mass is 426 g/mol. The van der Waals surface area contributed by atoms with Gasteiger partial charge in [-0.3, -0.25) is 0 Å². The van der Waals surface area contributed by atoms with Crippen LogP contribution in [-0.4, -0.2) is 0 Å². The maximum atomic E-state index is 14.5. The number of hydrogen-bond donors (Lipinski definition) is 0. The van der Waals surface area contributed by atoms with Gasteiger partial charge in [-0.25, -0.2) is 0 Å². The van der Waals surface area contributed by atoms with Crippen molar-refractivity contribution in [2.24, 2.45) is 5.92 Å². The van der Waals surface area contributed by atoms with E-state index in [0.717, 1.165) is 48.6 Å². The van der Waals surface area contributed by atoms with Crippen LogP contribution in [0.15, 0.2) is 48.5 Å². The van der Waals surface area contributed by atoms with Gasteiger partial charge in [0.25, 0.3) is 0 Å². The zero-order chi connectivity index (χ0) is 21.8. The molecule has 0 radical (unpaired) electrons. The molecule has 0 bridgehead atoms. The van der Waals surface area contributed by atoms with Gasteiger partial charge in [0.15, 0.2) is 0 Å². The normalized spacial score (nSPS) is 20.2. The lowest BCUT2D eigenvalue weighted by Crippen LogP contribution is -2.22. The summed E-state index contributed by atoms with van der Waals surface area (Å²) in [6.45, 7) is 2.20. The molecule has 3 rings (SSSR count). The molecule has 1 saturated carbocycles. The van der Waals surface area contributed by atoms with Crippen molar-refractivity contribution in [1.29, 1.82) is 0 Å². The van der Waals surface area contributed by atoms with Crippen LogP contribution in [0.2, 0.25) is 0 Å². The van der Waals surface area contributed by atoms with Crippen LogP contribution >= 0.6 is 0 Å². The van der Waals surface area contributed by atoms with E-state index in [2.05, 4.69) is 6.92 Å². The summed E-state index contributed by atoms with van der Waals surface area (Å²) in [6.07, 6.45) is 0.109. The van der Waals surface area contributed by atoms with Crippen molar-refractivity contribution in [2.75, 3.05) is 0 Å². The zero-order valence-electron chi connectivity index (χ0n) is 17.0. The lowest BCUT2D eigenvalue weighted by atomic mass is 9.77. The van der Waals surface area contributed by atoms with Crippen molar-refractivity contribution >= 4 is 0 Å². The molecular formula is C24H27F5O. The average molecular weight is 426 g/mol. The molecule has 0 saturated heterocycles. The van der Waals surface area contributed by atoms with Crippen LogP contribution in [-0.2, 0) is 12.3 Å². The summed E-state index contributed by atoms with van der Waals surface area (Å²) in [5.41, 5.74) is -0.173. The first kappa shape index (κ1) is 22.6. The highest BCUT2D eigenvalue weighted by atomic mass is 19.4. The molecule has 0 unspecified atom stereocenters. The molecule has 0 spiro atoms. The molecule has 6 heteroatoms. The Hall–Kier alpha value is -2.11. The third-order valence-electron chi connectivity index (χ3n) is 5.96. The fourth-order valence-electron chi connectivity index (χ4n) is 4.15. The Morgan fingerprint density at radius 1 is 0.800 bits per heavy atom. The third kappa shape index (κ3) is 5.73. The minimum atomic E-state index is -4.52. The predicted molar refractivity (Wildman–Crippen MR) is 107 cm³/mol. The molecule has 0 aromatic heterocycles. The highest BCUT2D eigenvalue weighted by Crippen LogP contribution is 2.39. The maximum Gasteiger partial charge on any atom is 0.426 e. The van der Waals surface area contributed by atoms with E-state index >= 15 is 0 Å². The van der Waals surface area contributed by atoms with Gasteiger partial charge in [-0.05, 0) is 79.5 Å². The summed E-state index contributed by atoms with van der Waals surface area (Å²) in [4.78, 5) is 0. The number of alkyl halides is 5. The molecule has 30 heavy (non-hydrogen) atoms. The van der Waals surface area contributed by atoms with E-state index in [0.29, 0.717) is 5.92 Å². The van der Waals surface area contributed by atoms with Crippen LogP contribution in [0, 0.1) is 5.92 Å². The molecule has 0 heterocycles. The van der Waals surface area contributed by atoms with E-state index in [1.54, 1.807) is 12.1 Å². The summed E-state index contributed by atoms with van der Waals surface area (Å²) < 4.78 is 71.4. The van der Waals surface area contributed by atoms with Crippen LogP contribution in [0.1, 0.15) is 74.5 Å². The molecule has 1 aliphatic carbocycles. The third-order valence-corrected chi connectivity index (χ3v) is 5.96. The fraction of sp³-hybridized carbons (Fsp3) is 0.500. The van der Waals surface area contributed by atoms with Crippen molar-refractivity contribution in [2.45, 2.75) is 70.1 Å². The molecule has 0 atom stereocenters. The largest absolute Gasteiger partial charge is 0.429 e. The van der Waals surface area contributed by atoms with Crippen LogP contribution in [0.25, 0.3) is 0 Å². The number of unbranched alkanes of at least 4 members (excludes halogenated alkanes) is 1.